The summed E-state index contributed by atoms with van der Waals surface area (Å²) in [7, 11) is 1.87. The van der Waals surface area contributed by atoms with E-state index in [-0.39, 0.29) is 18.4 Å². The van der Waals surface area contributed by atoms with E-state index in [1.54, 1.807) is 0 Å². The molecule has 1 unspecified atom stereocenters. The molecule has 1 aliphatic carbocycles. The van der Waals surface area contributed by atoms with Gasteiger partial charge >= 0.3 is 0 Å². The first kappa shape index (κ1) is 21.2. The van der Waals surface area contributed by atoms with E-state index in [0.717, 1.165) is 28.1 Å². The number of anilines is 1. The molecular formula is C22H34N3O2+. The molecule has 1 aliphatic rings. The first-order valence-electron chi connectivity index (χ1n) is 9.98. The van der Waals surface area contributed by atoms with Gasteiger partial charge in [-0.15, -0.1) is 0 Å². The quantitative estimate of drug-likeness (QED) is 0.612. The van der Waals surface area contributed by atoms with Crippen molar-refractivity contribution in [2.24, 2.45) is 0 Å². The minimum absolute atomic E-state index is 0.000550. The number of carbonyl (C=O) groups excluding carboxylic acids is 2. The SMILES string of the molecule is Cc1cc(C)c(NC(=O)C[NH+](C)CC(=O)NCCC2=CCCCC2)c(C)c1. The van der Waals surface area contributed by atoms with E-state index in [4.69, 9.17) is 0 Å². The van der Waals surface area contributed by atoms with E-state index in [1.165, 1.54) is 36.8 Å². The number of allylic oxidation sites excluding steroid dienone is 1. The maximum Gasteiger partial charge on any atom is 0.279 e. The minimum atomic E-state index is -0.0669. The fourth-order valence-electron chi connectivity index (χ4n) is 3.73. The Morgan fingerprint density at radius 3 is 2.33 bits per heavy atom. The van der Waals surface area contributed by atoms with Gasteiger partial charge < -0.3 is 15.5 Å². The first-order chi connectivity index (χ1) is 12.8. The zero-order valence-electron chi connectivity index (χ0n) is 17.2. The molecule has 1 atom stereocenters. The highest BCUT2D eigenvalue weighted by Crippen LogP contribution is 2.21. The van der Waals surface area contributed by atoms with E-state index in [9.17, 15) is 9.59 Å². The zero-order valence-corrected chi connectivity index (χ0v) is 17.2. The van der Waals surface area contributed by atoms with Gasteiger partial charge in [-0.25, -0.2) is 0 Å². The highest BCUT2D eigenvalue weighted by Gasteiger charge is 2.16. The van der Waals surface area contributed by atoms with Crippen LogP contribution in [0.25, 0.3) is 0 Å². The lowest BCUT2D eigenvalue weighted by Crippen LogP contribution is -3.11. The van der Waals surface area contributed by atoms with Crippen LogP contribution >= 0.6 is 0 Å². The van der Waals surface area contributed by atoms with Gasteiger partial charge in [-0.3, -0.25) is 9.59 Å². The largest absolute Gasteiger partial charge is 0.351 e. The average molecular weight is 373 g/mol. The lowest BCUT2D eigenvalue weighted by Gasteiger charge is -2.16. The van der Waals surface area contributed by atoms with E-state index in [2.05, 4.69) is 28.8 Å². The summed E-state index contributed by atoms with van der Waals surface area (Å²) in [6.45, 7) is 7.31. The number of rotatable bonds is 8. The molecule has 5 heteroatoms. The molecule has 27 heavy (non-hydrogen) atoms. The summed E-state index contributed by atoms with van der Waals surface area (Å²) in [4.78, 5) is 25.3. The van der Waals surface area contributed by atoms with Crippen LogP contribution < -0.4 is 15.5 Å². The molecule has 2 amide bonds. The molecule has 5 nitrogen and oxygen atoms in total. The Balaban J connectivity index is 1.72. The molecular weight excluding hydrogens is 338 g/mol. The molecule has 0 aliphatic heterocycles. The first-order valence-corrected chi connectivity index (χ1v) is 9.98. The molecule has 0 radical (unpaired) electrons. The number of amides is 2. The van der Waals surface area contributed by atoms with E-state index < -0.39 is 0 Å². The number of hydrogen-bond donors (Lipinski definition) is 3. The molecule has 1 aromatic rings. The number of benzene rings is 1. The molecule has 148 valence electrons. The van der Waals surface area contributed by atoms with Crippen LogP contribution in [0.5, 0.6) is 0 Å². The van der Waals surface area contributed by atoms with Gasteiger partial charge in [0.05, 0.1) is 7.05 Å². The summed E-state index contributed by atoms with van der Waals surface area (Å²) < 4.78 is 0. The van der Waals surface area contributed by atoms with Crippen molar-refractivity contribution in [3.8, 4) is 0 Å². The van der Waals surface area contributed by atoms with Gasteiger partial charge in [-0.05, 0) is 64.0 Å². The Morgan fingerprint density at radius 1 is 1.04 bits per heavy atom. The fourth-order valence-corrected chi connectivity index (χ4v) is 3.73. The predicted octanol–water partition coefficient (Wildman–Crippen LogP) is 2.07. The Kier molecular flexibility index (Phi) is 8.04. The van der Waals surface area contributed by atoms with Gasteiger partial charge in [0.25, 0.3) is 11.8 Å². The monoisotopic (exact) mass is 372 g/mol. The number of nitrogens with one attached hydrogen (secondary N) is 3. The van der Waals surface area contributed by atoms with Gasteiger partial charge in [-0.1, -0.05) is 29.3 Å². The van der Waals surface area contributed by atoms with Gasteiger partial charge in [-0.2, -0.15) is 0 Å². The molecule has 3 N–H and O–H groups in total. The van der Waals surface area contributed by atoms with Crippen LogP contribution in [0.3, 0.4) is 0 Å². The van der Waals surface area contributed by atoms with Crippen LogP contribution in [-0.4, -0.2) is 38.5 Å². The standard InChI is InChI=1S/C22H33N3O2/c1-16-12-17(2)22(18(3)13-16)24-21(27)15-25(4)14-20(26)23-11-10-19-8-6-5-7-9-19/h8,12-13H,5-7,9-11,14-15H2,1-4H3,(H,23,26)(H,24,27)/p+1. The highest BCUT2D eigenvalue weighted by molar-refractivity contribution is 5.93. The van der Waals surface area contributed by atoms with Crippen molar-refractivity contribution < 1.29 is 14.5 Å². The summed E-state index contributed by atoms with van der Waals surface area (Å²) in [5, 5.41) is 5.97. The number of likely N-dealkylation sites (N-methyl/N-ethyl adjacent to an activating group) is 1. The van der Waals surface area contributed by atoms with Gasteiger partial charge in [0.1, 0.15) is 0 Å². The van der Waals surface area contributed by atoms with Gasteiger partial charge in [0, 0.05) is 12.2 Å². The Labute approximate surface area is 163 Å². The average Bonchev–Trinajstić information content (AvgIpc) is 2.58. The lowest BCUT2D eigenvalue weighted by atomic mass is 9.97. The van der Waals surface area contributed by atoms with E-state index in [1.807, 2.05) is 27.8 Å². The second kappa shape index (κ2) is 10.3. The molecule has 2 rings (SSSR count). The molecule has 0 fully saturated rings. The Hall–Kier alpha value is -2.14. The molecule has 1 aromatic carbocycles. The zero-order chi connectivity index (χ0) is 19.8. The van der Waals surface area contributed by atoms with Crippen LogP contribution in [0.1, 0.15) is 48.8 Å². The summed E-state index contributed by atoms with van der Waals surface area (Å²) in [6.07, 6.45) is 8.14. The topological polar surface area (TPSA) is 62.6 Å². The van der Waals surface area contributed by atoms with Crippen molar-refractivity contribution in [3.63, 3.8) is 0 Å². The van der Waals surface area contributed by atoms with Crippen LogP contribution in [0.4, 0.5) is 5.69 Å². The maximum atomic E-state index is 12.3. The van der Waals surface area contributed by atoms with Gasteiger partial charge in [0.15, 0.2) is 13.1 Å². The number of quaternary nitrogens is 1. The number of aryl methyl sites for hydroxylation is 3. The van der Waals surface area contributed by atoms with Crippen molar-refractivity contribution in [2.45, 2.75) is 52.9 Å². The van der Waals surface area contributed by atoms with E-state index >= 15 is 0 Å². The number of carbonyl (C=O) groups is 2. The third-order valence-corrected chi connectivity index (χ3v) is 5.02. The molecule has 0 aromatic heterocycles. The Bertz CT molecular complexity index is 687. The van der Waals surface area contributed by atoms with Crippen LogP contribution in [0, 0.1) is 20.8 Å². The minimum Gasteiger partial charge on any atom is -0.351 e. The van der Waals surface area contributed by atoms with Crippen molar-refractivity contribution >= 4 is 17.5 Å². The van der Waals surface area contributed by atoms with E-state index in [0.29, 0.717) is 13.1 Å². The molecule has 0 bridgehead atoms. The summed E-state index contributed by atoms with van der Waals surface area (Å²) in [5.41, 5.74) is 5.65. The van der Waals surface area contributed by atoms with Gasteiger partial charge in [0.2, 0.25) is 0 Å². The lowest BCUT2D eigenvalue weighted by molar-refractivity contribution is -0.862. The highest BCUT2D eigenvalue weighted by atomic mass is 16.2. The summed E-state index contributed by atoms with van der Waals surface area (Å²) >= 11 is 0. The second-order valence-electron chi connectivity index (χ2n) is 7.84. The van der Waals surface area contributed by atoms with Crippen LogP contribution in [-0.2, 0) is 9.59 Å². The van der Waals surface area contributed by atoms with Crippen molar-refractivity contribution in [2.75, 3.05) is 32.0 Å². The molecule has 0 saturated heterocycles. The molecule has 0 heterocycles. The summed E-state index contributed by atoms with van der Waals surface area (Å²) in [6, 6.07) is 4.13. The predicted molar refractivity (Wildman–Crippen MR) is 110 cm³/mol. The fraction of sp³-hybridized carbons (Fsp3) is 0.545. The Morgan fingerprint density at radius 2 is 1.70 bits per heavy atom. The summed E-state index contributed by atoms with van der Waals surface area (Å²) in [5.74, 6) is -0.0675. The smallest absolute Gasteiger partial charge is 0.279 e. The maximum absolute atomic E-state index is 12.3. The molecule has 0 saturated carbocycles. The van der Waals surface area contributed by atoms with Crippen LogP contribution in [0.2, 0.25) is 0 Å². The second-order valence-corrected chi connectivity index (χ2v) is 7.84. The van der Waals surface area contributed by atoms with Crippen molar-refractivity contribution in [1.29, 1.82) is 0 Å². The van der Waals surface area contributed by atoms with Crippen molar-refractivity contribution in [3.05, 3.63) is 40.5 Å². The number of hydrogen-bond acceptors (Lipinski definition) is 2. The third-order valence-electron chi connectivity index (χ3n) is 5.02. The molecule has 0 spiro atoms. The van der Waals surface area contributed by atoms with Crippen LogP contribution in [0.15, 0.2) is 23.8 Å². The normalized spacial score (nSPS) is 15.0. The third kappa shape index (κ3) is 7.18. The van der Waals surface area contributed by atoms with Crippen molar-refractivity contribution in [1.82, 2.24) is 5.32 Å².